The van der Waals surface area contributed by atoms with Crippen LogP contribution in [-0.2, 0) is 5.54 Å². The molecule has 1 heterocycles. The van der Waals surface area contributed by atoms with E-state index in [-0.39, 0.29) is 5.91 Å². The summed E-state index contributed by atoms with van der Waals surface area (Å²) in [5, 5.41) is 7.44. The van der Waals surface area contributed by atoms with Gasteiger partial charge in [0.15, 0.2) is 0 Å². The Morgan fingerprint density at radius 3 is 2.33 bits per heavy atom. The number of methoxy groups -OCH3 is 1. The molecule has 1 N–H and O–H groups in total. The highest BCUT2D eigenvalue weighted by atomic mass is 16.5. The number of carbonyl (C=O) groups excluding carboxylic acids is 1. The number of benzene rings is 2. The second-order valence-corrected chi connectivity index (χ2v) is 8.12. The Kier molecular flexibility index (Phi) is 5.57. The van der Waals surface area contributed by atoms with Gasteiger partial charge in [0.1, 0.15) is 11.3 Å². The van der Waals surface area contributed by atoms with Crippen LogP contribution in [0.3, 0.4) is 0 Å². The molecule has 0 aliphatic heterocycles. The van der Waals surface area contributed by atoms with Gasteiger partial charge in [-0.15, -0.1) is 0 Å². The minimum atomic E-state index is -0.634. The molecular weight excluding hydrogens is 378 g/mol. The molecule has 1 fully saturated rings. The number of nitrogens with one attached hydrogen (secondary N) is 1. The Balaban J connectivity index is 1.63. The molecule has 6 heteroatoms. The molecule has 1 aliphatic carbocycles. The van der Waals surface area contributed by atoms with E-state index in [1.807, 2.05) is 50.2 Å². The van der Waals surface area contributed by atoms with E-state index < -0.39 is 5.54 Å². The highest BCUT2D eigenvalue weighted by Gasteiger charge is 2.41. The van der Waals surface area contributed by atoms with Gasteiger partial charge in [-0.3, -0.25) is 4.79 Å². The number of rotatable bonds is 5. The van der Waals surface area contributed by atoms with Gasteiger partial charge >= 0.3 is 0 Å². The van der Waals surface area contributed by atoms with Gasteiger partial charge in [0.25, 0.3) is 11.8 Å². The third-order valence-electron chi connectivity index (χ3n) is 5.73. The first-order valence-corrected chi connectivity index (χ1v) is 10.4. The summed E-state index contributed by atoms with van der Waals surface area (Å²) in [6.45, 7) is 4.00. The largest absolute Gasteiger partial charge is 0.497 e. The third kappa shape index (κ3) is 4.08. The smallest absolute Gasteiger partial charge is 0.252 e. The lowest BCUT2D eigenvalue weighted by molar-refractivity contribution is 0.0824. The molecule has 1 aliphatic rings. The minimum absolute atomic E-state index is 0.104. The van der Waals surface area contributed by atoms with Gasteiger partial charge in [0, 0.05) is 11.1 Å². The van der Waals surface area contributed by atoms with Crippen LogP contribution in [-0.4, -0.2) is 23.2 Å². The Morgan fingerprint density at radius 2 is 1.70 bits per heavy atom. The van der Waals surface area contributed by atoms with Crippen LogP contribution in [0.5, 0.6) is 5.75 Å². The predicted molar refractivity (Wildman–Crippen MR) is 114 cm³/mol. The first-order chi connectivity index (χ1) is 14.5. The van der Waals surface area contributed by atoms with E-state index in [2.05, 4.69) is 21.5 Å². The van der Waals surface area contributed by atoms with Crippen LogP contribution in [0, 0.1) is 13.8 Å². The number of aromatic nitrogens is 2. The van der Waals surface area contributed by atoms with Crippen LogP contribution in [0.1, 0.15) is 59.5 Å². The zero-order valence-corrected chi connectivity index (χ0v) is 17.7. The monoisotopic (exact) mass is 405 g/mol. The van der Waals surface area contributed by atoms with E-state index in [1.165, 1.54) is 0 Å². The third-order valence-corrected chi connectivity index (χ3v) is 5.73. The predicted octanol–water partition coefficient (Wildman–Crippen LogP) is 4.95. The van der Waals surface area contributed by atoms with E-state index in [0.717, 1.165) is 54.5 Å². The fraction of sp³-hybridized carbons (Fsp3) is 0.375. The average molecular weight is 405 g/mol. The maximum absolute atomic E-state index is 13.1. The Bertz CT molecular complexity index is 1010. The molecule has 0 spiro atoms. The topological polar surface area (TPSA) is 77.3 Å². The molecule has 0 radical (unpaired) electrons. The number of hydrogen-bond acceptors (Lipinski definition) is 5. The van der Waals surface area contributed by atoms with Crippen molar-refractivity contribution >= 4 is 5.91 Å². The van der Waals surface area contributed by atoms with E-state index in [0.29, 0.717) is 17.3 Å². The van der Waals surface area contributed by atoms with Gasteiger partial charge in [-0.2, -0.15) is 4.98 Å². The summed E-state index contributed by atoms with van der Waals surface area (Å²) < 4.78 is 10.9. The van der Waals surface area contributed by atoms with Crippen LogP contribution in [0.2, 0.25) is 0 Å². The quantitative estimate of drug-likeness (QED) is 0.650. The van der Waals surface area contributed by atoms with Crippen LogP contribution in [0.25, 0.3) is 11.4 Å². The molecule has 4 rings (SSSR count). The van der Waals surface area contributed by atoms with E-state index in [1.54, 1.807) is 7.11 Å². The van der Waals surface area contributed by atoms with Crippen molar-refractivity contribution in [3.05, 3.63) is 65.0 Å². The van der Waals surface area contributed by atoms with Crippen molar-refractivity contribution in [1.82, 2.24) is 15.5 Å². The minimum Gasteiger partial charge on any atom is -0.497 e. The van der Waals surface area contributed by atoms with E-state index in [9.17, 15) is 4.79 Å². The second kappa shape index (κ2) is 8.30. The van der Waals surface area contributed by atoms with Gasteiger partial charge in [-0.25, -0.2) is 0 Å². The van der Waals surface area contributed by atoms with Crippen LogP contribution in [0.4, 0.5) is 0 Å². The fourth-order valence-corrected chi connectivity index (χ4v) is 4.22. The SMILES string of the molecule is COc1ccc(-c2noc(C3(NC(=O)c4cc(C)cc(C)c4)CCCCC3)n2)cc1. The summed E-state index contributed by atoms with van der Waals surface area (Å²) in [7, 11) is 1.63. The van der Waals surface area contributed by atoms with Gasteiger partial charge in [0.2, 0.25) is 5.82 Å². The van der Waals surface area contributed by atoms with Gasteiger partial charge in [-0.1, -0.05) is 41.6 Å². The van der Waals surface area contributed by atoms with E-state index in [4.69, 9.17) is 9.26 Å². The molecule has 0 unspecified atom stereocenters. The van der Waals surface area contributed by atoms with Gasteiger partial charge < -0.3 is 14.6 Å². The lowest BCUT2D eigenvalue weighted by atomic mass is 9.81. The summed E-state index contributed by atoms with van der Waals surface area (Å²) in [5.41, 5.74) is 3.00. The molecule has 0 saturated heterocycles. The lowest BCUT2D eigenvalue weighted by Gasteiger charge is -2.34. The van der Waals surface area contributed by atoms with Crippen LogP contribution < -0.4 is 10.1 Å². The molecule has 1 saturated carbocycles. The van der Waals surface area contributed by atoms with Crippen molar-refractivity contribution in [1.29, 1.82) is 0 Å². The summed E-state index contributed by atoms with van der Waals surface area (Å²) in [5.74, 6) is 1.66. The Hall–Kier alpha value is -3.15. The molecular formula is C24H27N3O3. The van der Waals surface area contributed by atoms with Crippen molar-refractivity contribution in [3.63, 3.8) is 0 Å². The number of carbonyl (C=O) groups is 1. The van der Waals surface area contributed by atoms with Gasteiger partial charge in [-0.05, 0) is 63.1 Å². The van der Waals surface area contributed by atoms with E-state index >= 15 is 0 Å². The molecule has 1 amide bonds. The summed E-state index contributed by atoms with van der Waals surface area (Å²) in [4.78, 5) is 17.8. The summed E-state index contributed by atoms with van der Waals surface area (Å²) >= 11 is 0. The number of ether oxygens (including phenoxy) is 1. The second-order valence-electron chi connectivity index (χ2n) is 8.12. The molecule has 0 bridgehead atoms. The normalized spacial score (nSPS) is 15.6. The van der Waals surface area contributed by atoms with Crippen molar-refractivity contribution in [2.75, 3.05) is 7.11 Å². The Labute approximate surface area is 176 Å². The molecule has 156 valence electrons. The van der Waals surface area contributed by atoms with Crippen molar-refractivity contribution < 1.29 is 14.1 Å². The number of nitrogens with zero attached hydrogens (tertiary/aromatic N) is 2. The van der Waals surface area contributed by atoms with Crippen molar-refractivity contribution in [2.24, 2.45) is 0 Å². The van der Waals surface area contributed by atoms with Crippen molar-refractivity contribution in [2.45, 2.75) is 51.5 Å². The summed E-state index contributed by atoms with van der Waals surface area (Å²) in [6.07, 6.45) is 4.73. The standard InChI is InChI=1S/C24H27N3O3/c1-16-13-17(2)15-19(14-16)22(28)26-24(11-5-4-6-12-24)23-25-21(27-30-23)18-7-9-20(29-3)10-8-18/h7-10,13-15H,4-6,11-12H2,1-3H3,(H,26,28). The highest BCUT2D eigenvalue weighted by molar-refractivity contribution is 5.95. The van der Waals surface area contributed by atoms with Gasteiger partial charge in [0.05, 0.1) is 7.11 Å². The van der Waals surface area contributed by atoms with Crippen LogP contribution in [0.15, 0.2) is 47.0 Å². The molecule has 0 atom stereocenters. The number of hydrogen-bond donors (Lipinski definition) is 1. The molecule has 30 heavy (non-hydrogen) atoms. The molecule has 1 aromatic heterocycles. The highest BCUT2D eigenvalue weighted by Crippen LogP contribution is 2.37. The fourth-order valence-electron chi connectivity index (χ4n) is 4.22. The lowest BCUT2D eigenvalue weighted by Crippen LogP contribution is -2.47. The zero-order valence-electron chi connectivity index (χ0n) is 17.7. The zero-order chi connectivity index (χ0) is 21.1. The van der Waals surface area contributed by atoms with Crippen LogP contribution >= 0.6 is 0 Å². The molecule has 2 aromatic carbocycles. The average Bonchev–Trinajstić information content (AvgIpc) is 3.25. The molecule has 6 nitrogen and oxygen atoms in total. The first-order valence-electron chi connectivity index (χ1n) is 10.4. The maximum atomic E-state index is 13.1. The number of amides is 1. The van der Waals surface area contributed by atoms with Crippen molar-refractivity contribution in [3.8, 4) is 17.1 Å². The number of aryl methyl sites for hydroxylation is 2. The Morgan fingerprint density at radius 1 is 1.03 bits per heavy atom. The first kappa shape index (κ1) is 20.1. The molecule has 3 aromatic rings. The maximum Gasteiger partial charge on any atom is 0.252 e. The summed E-state index contributed by atoms with van der Waals surface area (Å²) in [6, 6.07) is 13.4.